The monoisotopic (exact) mass is 465 g/mol. The average Bonchev–Trinajstić information content (AvgIpc) is 3.42. The normalized spacial score (nSPS) is 22.7. The fourth-order valence-electron chi connectivity index (χ4n) is 4.52. The molecule has 1 aromatic heterocycles. The molecule has 2 saturated heterocycles. The maximum atomic E-state index is 13.7. The highest BCUT2D eigenvalue weighted by Crippen LogP contribution is 2.26. The van der Waals surface area contributed by atoms with Crippen LogP contribution in [0.5, 0.6) is 0 Å². The second kappa shape index (κ2) is 8.92. The number of halogens is 1. The largest absolute Gasteiger partial charge is 0.376 e. The summed E-state index contributed by atoms with van der Waals surface area (Å²) in [5.74, 6) is -0.0356. The van der Waals surface area contributed by atoms with Gasteiger partial charge >= 0.3 is 0 Å². The molecule has 2 aliphatic rings. The Morgan fingerprint density at radius 3 is 2.71 bits per heavy atom. The molecule has 7 nitrogen and oxygen atoms in total. The van der Waals surface area contributed by atoms with Gasteiger partial charge in [0.05, 0.1) is 35.4 Å². The molecule has 0 bridgehead atoms. The minimum atomic E-state index is -3.12. The Morgan fingerprint density at radius 1 is 1.29 bits per heavy atom. The van der Waals surface area contributed by atoms with E-state index < -0.39 is 9.84 Å². The molecule has 0 saturated carbocycles. The minimum absolute atomic E-state index is 0.0112. The van der Waals surface area contributed by atoms with Crippen LogP contribution in [0, 0.1) is 13.8 Å². The molecule has 0 N–H and O–H groups in total. The predicted molar refractivity (Wildman–Crippen MR) is 119 cm³/mol. The van der Waals surface area contributed by atoms with Crippen LogP contribution in [0.4, 0.5) is 0 Å². The summed E-state index contributed by atoms with van der Waals surface area (Å²) < 4.78 is 31.8. The van der Waals surface area contributed by atoms with Crippen LogP contribution < -0.4 is 0 Å². The second-order valence-electron chi connectivity index (χ2n) is 8.44. The second-order valence-corrected chi connectivity index (χ2v) is 11.1. The zero-order chi connectivity index (χ0) is 22.2. The lowest BCUT2D eigenvalue weighted by atomic mass is 10.1. The van der Waals surface area contributed by atoms with E-state index in [0.29, 0.717) is 42.4 Å². The lowest BCUT2D eigenvalue weighted by Gasteiger charge is -2.30. The van der Waals surface area contributed by atoms with Crippen molar-refractivity contribution >= 4 is 27.3 Å². The first-order valence-electron chi connectivity index (χ1n) is 10.7. The molecule has 168 valence electrons. The molecule has 0 aliphatic carbocycles. The lowest BCUT2D eigenvalue weighted by molar-refractivity contribution is 0.0440. The van der Waals surface area contributed by atoms with Crippen LogP contribution in [0.25, 0.3) is 0 Å². The van der Waals surface area contributed by atoms with Gasteiger partial charge in [-0.05, 0) is 44.7 Å². The Bertz CT molecular complexity index is 1080. The number of rotatable bonds is 6. The Kier molecular flexibility index (Phi) is 6.42. The molecule has 0 spiro atoms. The summed E-state index contributed by atoms with van der Waals surface area (Å²) in [4.78, 5) is 15.4. The molecule has 2 aliphatic heterocycles. The number of carbonyl (C=O) groups excluding carboxylic acids is 1. The van der Waals surface area contributed by atoms with Gasteiger partial charge < -0.3 is 9.64 Å². The first-order valence-corrected chi connectivity index (χ1v) is 12.9. The molecule has 9 heteroatoms. The summed E-state index contributed by atoms with van der Waals surface area (Å²) in [7, 11) is -3.12. The van der Waals surface area contributed by atoms with Crippen molar-refractivity contribution in [2.24, 2.45) is 0 Å². The number of aryl methyl sites for hydroxylation is 1. The van der Waals surface area contributed by atoms with Crippen LogP contribution in [-0.2, 0) is 21.1 Å². The van der Waals surface area contributed by atoms with Crippen molar-refractivity contribution in [3.8, 4) is 0 Å². The Morgan fingerprint density at radius 2 is 2.06 bits per heavy atom. The van der Waals surface area contributed by atoms with Crippen molar-refractivity contribution in [1.82, 2.24) is 14.7 Å². The van der Waals surface area contributed by atoms with Crippen LogP contribution in [0.1, 0.15) is 46.6 Å². The maximum absolute atomic E-state index is 13.7. The number of hydrogen-bond donors (Lipinski definition) is 0. The standard InChI is InChI=1S/C22H28ClN3O4S/c1-15-21(16(2)26(24-15)12-17-6-3-4-8-20(17)23)22(27)25(13-19-7-5-10-30-19)18-9-11-31(28,29)14-18/h3-4,6,8,18-19H,5,7,9-14H2,1-2H3/t18-,19+/m1/s1. The van der Waals surface area contributed by atoms with Gasteiger partial charge in [0.25, 0.3) is 5.91 Å². The summed E-state index contributed by atoms with van der Waals surface area (Å²) >= 11 is 6.31. The highest BCUT2D eigenvalue weighted by atomic mass is 35.5. The fourth-order valence-corrected chi connectivity index (χ4v) is 6.44. The third kappa shape index (κ3) is 4.81. The molecular formula is C22H28ClN3O4S. The topological polar surface area (TPSA) is 81.5 Å². The van der Waals surface area contributed by atoms with Crippen molar-refractivity contribution in [1.29, 1.82) is 0 Å². The first-order chi connectivity index (χ1) is 14.7. The van der Waals surface area contributed by atoms with Gasteiger partial charge in [0.2, 0.25) is 0 Å². The van der Waals surface area contributed by atoms with Crippen LogP contribution in [0.2, 0.25) is 5.02 Å². The number of aromatic nitrogens is 2. The number of sulfone groups is 1. The van der Waals surface area contributed by atoms with E-state index in [9.17, 15) is 13.2 Å². The number of carbonyl (C=O) groups is 1. The van der Waals surface area contributed by atoms with Gasteiger partial charge in [-0.1, -0.05) is 29.8 Å². The van der Waals surface area contributed by atoms with Gasteiger partial charge in [0, 0.05) is 29.9 Å². The summed E-state index contributed by atoms with van der Waals surface area (Å²) in [5.41, 5.74) is 2.84. The van der Waals surface area contributed by atoms with Crippen LogP contribution in [0.3, 0.4) is 0 Å². The van der Waals surface area contributed by atoms with Crippen molar-refractivity contribution in [2.45, 2.75) is 51.8 Å². The third-order valence-corrected chi connectivity index (χ3v) is 8.33. The molecule has 31 heavy (non-hydrogen) atoms. The van der Waals surface area contributed by atoms with Crippen LogP contribution >= 0.6 is 11.6 Å². The maximum Gasteiger partial charge on any atom is 0.257 e. The van der Waals surface area contributed by atoms with Gasteiger partial charge in [-0.2, -0.15) is 5.10 Å². The van der Waals surface area contributed by atoms with Gasteiger partial charge in [0.15, 0.2) is 9.84 Å². The third-order valence-electron chi connectivity index (χ3n) is 6.21. The van der Waals surface area contributed by atoms with Gasteiger partial charge in [-0.15, -0.1) is 0 Å². The van der Waals surface area contributed by atoms with E-state index in [1.807, 2.05) is 38.1 Å². The van der Waals surface area contributed by atoms with E-state index in [1.165, 1.54) is 0 Å². The molecule has 2 fully saturated rings. The molecule has 1 aromatic carbocycles. The van der Waals surface area contributed by atoms with Gasteiger partial charge in [0.1, 0.15) is 0 Å². The number of amides is 1. The SMILES string of the molecule is Cc1nn(Cc2ccccc2Cl)c(C)c1C(=O)N(C[C@@H]1CCCO1)[C@@H]1CCS(=O)(=O)C1. The minimum Gasteiger partial charge on any atom is -0.376 e. The first kappa shape index (κ1) is 22.3. The molecule has 4 rings (SSSR count). The Hall–Kier alpha value is -1.90. The average molecular weight is 466 g/mol. The number of benzene rings is 1. The Balaban J connectivity index is 1.63. The summed E-state index contributed by atoms with van der Waals surface area (Å²) in [5, 5.41) is 5.25. The number of hydrogen-bond acceptors (Lipinski definition) is 5. The molecule has 1 amide bonds. The van der Waals surface area contributed by atoms with Crippen molar-refractivity contribution in [2.75, 3.05) is 24.7 Å². The lowest BCUT2D eigenvalue weighted by Crippen LogP contribution is -2.45. The van der Waals surface area contributed by atoms with Crippen molar-refractivity contribution in [3.63, 3.8) is 0 Å². The molecular weight excluding hydrogens is 438 g/mol. The highest BCUT2D eigenvalue weighted by molar-refractivity contribution is 7.91. The molecule has 2 aromatic rings. The van der Waals surface area contributed by atoms with Gasteiger partial charge in [-0.3, -0.25) is 9.48 Å². The zero-order valence-electron chi connectivity index (χ0n) is 17.9. The van der Waals surface area contributed by atoms with E-state index in [4.69, 9.17) is 16.3 Å². The molecule has 0 unspecified atom stereocenters. The van der Waals surface area contributed by atoms with Crippen LogP contribution in [-0.4, -0.2) is 65.8 Å². The van der Waals surface area contributed by atoms with E-state index >= 15 is 0 Å². The molecule has 0 radical (unpaired) electrons. The quantitative estimate of drug-likeness (QED) is 0.655. The van der Waals surface area contributed by atoms with Crippen LogP contribution in [0.15, 0.2) is 24.3 Å². The zero-order valence-corrected chi connectivity index (χ0v) is 19.5. The van der Waals surface area contributed by atoms with Crippen molar-refractivity contribution in [3.05, 3.63) is 51.8 Å². The smallest absolute Gasteiger partial charge is 0.257 e. The Labute approximate surface area is 188 Å². The molecule has 2 atom stereocenters. The summed E-state index contributed by atoms with van der Waals surface area (Å²) in [6.07, 6.45) is 2.26. The predicted octanol–water partition coefficient (Wildman–Crippen LogP) is 3.01. The summed E-state index contributed by atoms with van der Waals surface area (Å²) in [6.45, 7) is 5.25. The summed E-state index contributed by atoms with van der Waals surface area (Å²) in [6, 6.07) is 7.24. The highest BCUT2D eigenvalue weighted by Gasteiger charge is 2.38. The van der Waals surface area contributed by atoms with Crippen molar-refractivity contribution < 1.29 is 17.9 Å². The van der Waals surface area contributed by atoms with E-state index in [-0.39, 0.29) is 29.6 Å². The number of nitrogens with zero attached hydrogens (tertiary/aromatic N) is 3. The van der Waals surface area contributed by atoms with E-state index in [2.05, 4.69) is 5.10 Å². The molecule has 3 heterocycles. The van der Waals surface area contributed by atoms with E-state index in [0.717, 1.165) is 24.1 Å². The van der Waals surface area contributed by atoms with E-state index in [1.54, 1.807) is 9.58 Å². The van der Waals surface area contributed by atoms with Gasteiger partial charge in [-0.25, -0.2) is 8.42 Å². The number of ether oxygens (including phenoxy) is 1. The fraction of sp³-hybridized carbons (Fsp3) is 0.545.